The topological polar surface area (TPSA) is 112 Å². The van der Waals surface area contributed by atoms with E-state index in [0.717, 1.165) is 62.5 Å². The second-order valence-corrected chi connectivity index (χ2v) is 16.1. The van der Waals surface area contributed by atoms with Crippen molar-refractivity contribution in [1.29, 1.82) is 0 Å². The predicted octanol–water partition coefficient (Wildman–Crippen LogP) is 13.3. The first kappa shape index (κ1) is 49.3. The van der Waals surface area contributed by atoms with Crippen LogP contribution in [0.5, 0.6) is 0 Å². The summed E-state index contributed by atoms with van der Waals surface area (Å²) in [5.74, 6) is 0. The lowest BCUT2D eigenvalue weighted by Crippen LogP contribution is -2.38. The van der Waals surface area contributed by atoms with Crippen LogP contribution in [-0.4, -0.2) is 37.6 Å². The Hall–Kier alpha value is -2.87. The molecule has 10 heteroatoms. The summed E-state index contributed by atoms with van der Waals surface area (Å²) in [4.78, 5) is 26.0. The van der Waals surface area contributed by atoms with Crippen LogP contribution < -0.4 is 10.6 Å². The maximum atomic E-state index is 13.8. The standard InChI is InChI=1S/C46H77N2O7P/c1-7-13-17-19-21-23-25-37-27-31-39(32-28-37)43(47-45(49)52-35-15-9-3)41(11-5)54-56(51)55-42(12-6)44(48-46(50)53-36-16-10-4)40-33-29-38(30-34-40)26-24-22-20-18-14-8-2/h27-34,41-44,56H,7-26,35-36H2,1-6H3,(H,47,49)(H,48,50). The van der Waals surface area contributed by atoms with Gasteiger partial charge in [-0.1, -0.05) is 167 Å². The molecule has 2 rings (SSSR count). The van der Waals surface area contributed by atoms with Gasteiger partial charge in [0, 0.05) is 0 Å². The van der Waals surface area contributed by atoms with Crippen LogP contribution >= 0.6 is 8.25 Å². The summed E-state index contributed by atoms with van der Waals surface area (Å²) in [5, 5.41) is 6.00. The number of amides is 2. The molecule has 0 spiro atoms. The van der Waals surface area contributed by atoms with Crippen molar-refractivity contribution in [3.63, 3.8) is 0 Å². The summed E-state index contributed by atoms with van der Waals surface area (Å²) < 4.78 is 37.2. The van der Waals surface area contributed by atoms with Gasteiger partial charge in [-0.25, -0.2) is 9.59 Å². The van der Waals surface area contributed by atoms with Crippen LogP contribution in [0.25, 0.3) is 0 Å². The first-order chi connectivity index (χ1) is 27.3. The third kappa shape index (κ3) is 20.5. The molecule has 318 valence electrons. The molecule has 0 aliphatic heterocycles. The lowest BCUT2D eigenvalue weighted by molar-refractivity contribution is 0.0773. The van der Waals surface area contributed by atoms with Gasteiger partial charge in [0.15, 0.2) is 0 Å². The van der Waals surface area contributed by atoms with E-state index < -0.39 is 44.7 Å². The zero-order valence-corrected chi connectivity index (χ0v) is 36.8. The van der Waals surface area contributed by atoms with E-state index in [4.69, 9.17) is 18.5 Å². The van der Waals surface area contributed by atoms with Crippen LogP contribution in [0.3, 0.4) is 0 Å². The van der Waals surface area contributed by atoms with Gasteiger partial charge in [0.05, 0.1) is 37.5 Å². The van der Waals surface area contributed by atoms with Gasteiger partial charge in [-0.05, 0) is 73.6 Å². The number of carbonyl (C=O) groups excluding carboxylic acids is 2. The first-order valence-corrected chi connectivity index (χ1v) is 23.4. The van der Waals surface area contributed by atoms with Crippen molar-refractivity contribution in [2.24, 2.45) is 0 Å². The van der Waals surface area contributed by atoms with Gasteiger partial charge >= 0.3 is 20.4 Å². The molecular formula is C46H77N2O7P. The summed E-state index contributed by atoms with van der Waals surface area (Å²) in [6.07, 6.45) is 18.8. The van der Waals surface area contributed by atoms with Gasteiger partial charge in [0.25, 0.3) is 0 Å². The third-order valence-electron chi connectivity index (χ3n) is 10.4. The van der Waals surface area contributed by atoms with Crippen LogP contribution in [-0.2, 0) is 35.9 Å². The summed E-state index contributed by atoms with van der Waals surface area (Å²) in [6.45, 7) is 13.1. The number of benzene rings is 2. The number of rotatable bonds is 32. The number of unbranched alkanes of at least 4 members (excludes halogenated alkanes) is 12. The number of ether oxygens (including phenoxy) is 2. The van der Waals surface area contributed by atoms with E-state index >= 15 is 0 Å². The second kappa shape index (κ2) is 31.2. The Morgan fingerprint density at radius 3 is 1.18 bits per heavy atom. The summed E-state index contributed by atoms with van der Waals surface area (Å²) in [5.41, 5.74) is 4.17. The van der Waals surface area contributed by atoms with Crippen molar-refractivity contribution in [3.8, 4) is 0 Å². The highest BCUT2D eigenvalue weighted by Gasteiger charge is 2.31. The highest BCUT2D eigenvalue weighted by Crippen LogP contribution is 2.38. The zero-order valence-electron chi connectivity index (χ0n) is 35.8. The fraction of sp³-hybridized carbons (Fsp3) is 0.696. The Balaban J connectivity index is 2.23. The van der Waals surface area contributed by atoms with Crippen molar-refractivity contribution >= 4 is 20.4 Å². The minimum absolute atomic E-state index is 0.317. The molecule has 56 heavy (non-hydrogen) atoms. The number of nitrogens with one attached hydrogen (secondary N) is 2. The molecule has 2 amide bonds. The molecule has 0 heterocycles. The normalized spacial score (nSPS) is 14.0. The SMILES string of the molecule is CCCCCCCCc1ccc(C(NC(=O)OCCCC)C(CC)O[PH](=O)OC(CC)C(NC(=O)OCCCC)c2ccc(CCCCCCCC)cc2)cc1. The Bertz CT molecular complexity index is 1220. The highest BCUT2D eigenvalue weighted by molar-refractivity contribution is 7.33. The summed E-state index contributed by atoms with van der Waals surface area (Å²) >= 11 is 0. The average molecular weight is 801 g/mol. The van der Waals surface area contributed by atoms with Crippen molar-refractivity contribution in [2.75, 3.05) is 13.2 Å². The fourth-order valence-electron chi connectivity index (χ4n) is 6.79. The third-order valence-corrected chi connectivity index (χ3v) is 11.4. The number of carbonyl (C=O) groups is 2. The van der Waals surface area contributed by atoms with Gasteiger partial charge in [0.1, 0.15) is 0 Å². The minimum Gasteiger partial charge on any atom is -0.450 e. The Kier molecular flexibility index (Phi) is 27.4. The van der Waals surface area contributed by atoms with Crippen LogP contribution in [0, 0.1) is 0 Å². The van der Waals surface area contributed by atoms with E-state index in [9.17, 15) is 14.2 Å². The zero-order chi connectivity index (χ0) is 40.8. The monoisotopic (exact) mass is 801 g/mol. The van der Waals surface area contributed by atoms with Gasteiger partial charge in [0.2, 0.25) is 0 Å². The molecule has 4 unspecified atom stereocenters. The van der Waals surface area contributed by atoms with Crippen molar-refractivity contribution in [1.82, 2.24) is 10.6 Å². The van der Waals surface area contributed by atoms with E-state index in [2.05, 4.69) is 48.7 Å². The van der Waals surface area contributed by atoms with Crippen LogP contribution in [0.4, 0.5) is 9.59 Å². The first-order valence-electron chi connectivity index (χ1n) is 22.2. The van der Waals surface area contributed by atoms with Gasteiger partial charge in [-0.2, -0.15) is 0 Å². The molecule has 0 saturated heterocycles. The average Bonchev–Trinajstić information content (AvgIpc) is 3.21. The predicted molar refractivity (Wildman–Crippen MR) is 231 cm³/mol. The lowest BCUT2D eigenvalue weighted by Gasteiger charge is -2.30. The maximum Gasteiger partial charge on any atom is 0.407 e. The lowest BCUT2D eigenvalue weighted by atomic mass is 9.97. The minimum atomic E-state index is -3.12. The molecule has 4 atom stereocenters. The molecule has 0 fully saturated rings. The number of hydrogen-bond donors (Lipinski definition) is 2. The highest BCUT2D eigenvalue weighted by atomic mass is 31.1. The second-order valence-electron chi connectivity index (χ2n) is 15.1. The van der Waals surface area contributed by atoms with Crippen molar-refractivity contribution in [3.05, 3.63) is 70.8 Å². The van der Waals surface area contributed by atoms with E-state index in [-0.39, 0.29) is 0 Å². The van der Waals surface area contributed by atoms with Crippen LogP contribution in [0.15, 0.2) is 48.5 Å². The van der Waals surface area contributed by atoms with E-state index in [1.807, 2.05) is 52.0 Å². The molecule has 9 nitrogen and oxygen atoms in total. The Labute approximate surface area is 341 Å². The number of alkyl carbamates (subject to hydrolysis) is 2. The molecule has 0 aliphatic carbocycles. The Morgan fingerprint density at radius 2 is 0.839 bits per heavy atom. The molecule has 2 aromatic rings. The number of hydrogen-bond acceptors (Lipinski definition) is 7. The molecule has 2 aromatic carbocycles. The maximum absolute atomic E-state index is 13.8. The largest absolute Gasteiger partial charge is 0.450 e. The quantitative estimate of drug-likeness (QED) is 0.0559. The van der Waals surface area contributed by atoms with Gasteiger partial charge < -0.3 is 29.2 Å². The molecule has 2 N–H and O–H groups in total. The van der Waals surface area contributed by atoms with E-state index in [1.165, 1.54) is 75.3 Å². The van der Waals surface area contributed by atoms with Gasteiger partial charge in [-0.15, -0.1) is 0 Å². The molecule has 0 bridgehead atoms. The van der Waals surface area contributed by atoms with Crippen LogP contribution in [0.2, 0.25) is 0 Å². The molecular weight excluding hydrogens is 723 g/mol. The smallest absolute Gasteiger partial charge is 0.407 e. The number of aryl methyl sites for hydroxylation is 2. The fourth-order valence-corrected chi connectivity index (χ4v) is 7.94. The van der Waals surface area contributed by atoms with Crippen LogP contribution in [0.1, 0.15) is 191 Å². The van der Waals surface area contributed by atoms with Crippen molar-refractivity contribution < 1.29 is 32.7 Å². The van der Waals surface area contributed by atoms with Gasteiger partial charge in [-0.3, -0.25) is 4.57 Å². The van der Waals surface area contributed by atoms with E-state index in [0.29, 0.717) is 26.1 Å². The molecule has 0 saturated carbocycles. The Morgan fingerprint density at radius 1 is 0.500 bits per heavy atom. The molecule has 0 aliphatic rings. The molecule has 0 radical (unpaired) electrons. The summed E-state index contributed by atoms with van der Waals surface area (Å²) in [6, 6.07) is 15.3. The van der Waals surface area contributed by atoms with Crippen molar-refractivity contribution in [2.45, 2.75) is 194 Å². The molecule has 0 aromatic heterocycles. The summed E-state index contributed by atoms with van der Waals surface area (Å²) in [7, 11) is -3.12. The van der Waals surface area contributed by atoms with E-state index in [1.54, 1.807) is 0 Å².